The smallest absolute Gasteiger partial charge is 0.305 e. The van der Waals surface area contributed by atoms with E-state index >= 15 is 28.8 Å². The van der Waals surface area contributed by atoms with Gasteiger partial charge in [0.15, 0.2) is 0 Å². The zero-order valence-corrected chi connectivity index (χ0v) is 75.9. The topological polar surface area (TPSA) is 616 Å². The van der Waals surface area contributed by atoms with Crippen molar-refractivity contribution in [1.82, 2.24) is 84.3 Å². The van der Waals surface area contributed by atoms with Crippen molar-refractivity contribution in [3.05, 3.63) is 162 Å². The van der Waals surface area contributed by atoms with E-state index < -0.39 is 241 Å². The maximum Gasteiger partial charge on any atom is 0.305 e. The van der Waals surface area contributed by atoms with Crippen molar-refractivity contribution in [2.75, 3.05) is 44.3 Å². The molecule has 5 aromatic carbocycles. The number of phenols is 1. The number of aliphatic hydroxyl groups excluding tert-OH is 1. The van der Waals surface area contributed by atoms with Crippen LogP contribution in [-0.4, -0.2) is 255 Å². The van der Waals surface area contributed by atoms with Crippen molar-refractivity contribution in [3.63, 3.8) is 0 Å². The van der Waals surface area contributed by atoms with Crippen molar-refractivity contribution in [1.29, 1.82) is 0 Å². The highest BCUT2D eigenvalue weighted by Crippen LogP contribution is 2.25. The number of aliphatic hydroxyl groups is 1. The average molecular weight is 1850 g/mol. The molecule has 2 saturated heterocycles. The highest BCUT2D eigenvalue weighted by Gasteiger charge is 2.43. The molecule has 2 fully saturated rings. The lowest BCUT2D eigenvalue weighted by Crippen LogP contribution is -2.62. The molecule has 132 heavy (non-hydrogen) atoms. The van der Waals surface area contributed by atoms with E-state index in [9.17, 15) is 68.1 Å². The fourth-order valence-electron chi connectivity index (χ4n) is 15.2. The van der Waals surface area contributed by atoms with Gasteiger partial charge in [0.25, 0.3) is 0 Å². The monoisotopic (exact) mass is 1850 g/mol. The Bertz CT molecular complexity index is 5020. The van der Waals surface area contributed by atoms with E-state index in [0.29, 0.717) is 33.2 Å². The van der Waals surface area contributed by atoms with Crippen LogP contribution in [0.4, 0.5) is 0 Å². The number of carbonyl (C=O) groups is 17. The summed E-state index contributed by atoms with van der Waals surface area (Å²) in [6.07, 6.45) is -0.837. The van der Waals surface area contributed by atoms with E-state index in [1.54, 1.807) is 128 Å². The number of primary amides is 1. The number of benzene rings is 5. The third kappa shape index (κ3) is 31.5. The number of hydrogen-bond donors (Lipinski definition) is 21. The van der Waals surface area contributed by atoms with Gasteiger partial charge in [0.05, 0.1) is 25.3 Å². The number of rotatable bonds is 24. The molecule has 8 rings (SSSR count). The van der Waals surface area contributed by atoms with Gasteiger partial charge in [0, 0.05) is 61.6 Å². The Morgan fingerprint density at radius 1 is 0.470 bits per heavy atom. The number of nitrogens with one attached hydrogen (secondary N) is 15. The van der Waals surface area contributed by atoms with Crippen LogP contribution in [0.1, 0.15) is 116 Å². The first-order valence-corrected chi connectivity index (χ1v) is 45.1. The van der Waals surface area contributed by atoms with Crippen LogP contribution in [0.2, 0.25) is 0 Å². The predicted molar refractivity (Wildman–Crippen MR) is 490 cm³/mol. The number of aliphatic carboxylic acids is 1. The van der Waals surface area contributed by atoms with Crippen LogP contribution < -0.4 is 91.6 Å². The Balaban J connectivity index is 1.18. The second kappa shape index (κ2) is 50.7. The zero-order chi connectivity index (χ0) is 96.6. The molecule has 40 heteroatoms. The Morgan fingerprint density at radius 2 is 0.902 bits per heavy atom. The van der Waals surface area contributed by atoms with Crippen molar-refractivity contribution >= 4 is 123 Å². The molecule has 0 aliphatic carbocycles. The van der Waals surface area contributed by atoms with E-state index in [2.05, 4.69) is 79.4 Å². The summed E-state index contributed by atoms with van der Waals surface area (Å²) in [5.41, 5.74) is 21.7. The standard InChI is InChI=1S/C92H123N19O20S/c1-49(2)36-63-81(120)103-67(39-54-25-29-57(30-26-54)56-20-13-10-14-21-56)87(126)110-77(51(5)6)90(129)106-70(43-94)92(131)111-35-17-24-73(111)89(128)99-62(33-34-93)80(119)100-64(37-50(3)4)86(125)109-78(52(7)8)91(130)107-71(46-112)88(127)108-72(79(118)97-45-74(95)114)47-132-48-75(115)98-65(38-53-18-11-9-12-19-53)82(121)102-66(40-55-27-31-59(113)32-28-55)83(122)105-69(42-76(116)117)85(124)104-68(84(123)101-63)41-58-44-96-61-23-16-15-22-60(58)61/h9-16,18-23,25-32,44,49-52,62-73,77-78,96,112-113H,17,24,33-43,45-48,93-94H2,1-8H3,(H2,95,114)(H,97,118)(H,98,115)(H,99,128)(H,100,119)(H,101,123)(H,102,121)(H,103,120)(H,104,124)(H,105,122)(H,106,129)(H,107,130)(H,108,127)(H,109,125)(H,110,126)(H,116,117)/t62-,63-,64-,65-,66-,67-,68-,69-,70-,71-,72-,73+,77-,78-/m0/s1. The third-order valence-corrected chi connectivity index (χ3v) is 23.2. The number of fused-ring (bicyclic) bond motifs is 2. The molecule has 39 nitrogen and oxygen atoms in total. The molecular formula is C92H123N19O20S. The highest BCUT2D eigenvalue weighted by molar-refractivity contribution is 8.00. The number of H-pyrrole nitrogens is 1. The van der Waals surface area contributed by atoms with Gasteiger partial charge in [-0.25, -0.2) is 0 Å². The molecule has 0 spiro atoms. The summed E-state index contributed by atoms with van der Waals surface area (Å²) in [7, 11) is 0. The Kier molecular flexibility index (Phi) is 40.0. The summed E-state index contributed by atoms with van der Waals surface area (Å²) in [4.78, 5) is 250. The van der Waals surface area contributed by atoms with Crippen LogP contribution in [0.25, 0.3) is 22.0 Å². The number of hydrogen-bond acceptors (Lipinski definition) is 22. The highest BCUT2D eigenvalue weighted by atomic mass is 32.2. The van der Waals surface area contributed by atoms with Gasteiger partial charge >= 0.3 is 5.97 Å². The second-order valence-electron chi connectivity index (χ2n) is 34.3. The fraction of sp³-hybridized carbons (Fsp3) is 0.467. The van der Waals surface area contributed by atoms with Gasteiger partial charge in [-0.2, -0.15) is 0 Å². The molecule has 0 radical (unpaired) electrons. The molecule has 0 saturated carbocycles. The molecule has 1 aromatic heterocycles. The summed E-state index contributed by atoms with van der Waals surface area (Å²) in [6, 6.07) is 14.8. The van der Waals surface area contributed by atoms with E-state index in [4.69, 9.17) is 17.2 Å². The number of para-hydroxylation sites is 1. The second-order valence-corrected chi connectivity index (χ2v) is 35.4. The van der Waals surface area contributed by atoms with Crippen molar-refractivity contribution in [2.45, 2.75) is 204 Å². The van der Waals surface area contributed by atoms with Gasteiger partial charge in [-0.05, 0) is 114 Å². The first-order chi connectivity index (χ1) is 62.8. The number of nitrogens with two attached hydrogens (primary N) is 3. The van der Waals surface area contributed by atoms with Crippen molar-refractivity contribution < 1.29 is 96.8 Å². The number of carboxylic acids is 1. The van der Waals surface area contributed by atoms with Crippen LogP contribution in [0, 0.1) is 23.7 Å². The number of amides is 16. The molecule has 3 heterocycles. The number of phenolic OH excluding ortho intramolecular Hbond substituents is 1. The number of carbonyl (C=O) groups excluding carboxylic acids is 16. The number of aromatic nitrogens is 1. The Morgan fingerprint density at radius 3 is 1.42 bits per heavy atom. The first kappa shape index (κ1) is 104. The van der Waals surface area contributed by atoms with Crippen LogP contribution in [0.3, 0.4) is 0 Å². The Labute approximate surface area is 768 Å². The van der Waals surface area contributed by atoms with Crippen LogP contribution in [0.5, 0.6) is 5.75 Å². The van der Waals surface area contributed by atoms with Gasteiger partial charge in [-0.15, -0.1) is 11.8 Å². The van der Waals surface area contributed by atoms with E-state index in [1.807, 2.05) is 42.5 Å². The molecular weight excluding hydrogens is 1720 g/mol. The quantitative estimate of drug-likeness (QED) is 0.0332. The summed E-state index contributed by atoms with van der Waals surface area (Å²) < 4.78 is 0. The number of aromatic hydroxyl groups is 1. The van der Waals surface area contributed by atoms with Crippen molar-refractivity contribution in [2.24, 2.45) is 40.9 Å². The summed E-state index contributed by atoms with van der Waals surface area (Å²) >= 11 is 0.717. The fourth-order valence-corrected chi connectivity index (χ4v) is 16.0. The molecule has 6 aromatic rings. The molecule has 2 aliphatic heterocycles. The summed E-state index contributed by atoms with van der Waals surface area (Å²) in [5, 5.41) is 68.5. The van der Waals surface area contributed by atoms with Gasteiger partial charge < -0.3 is 117 Å². The van der Waals surface area contributed by atoms with Crippen molar-refractivity contribution in [3.8, 4) is 16.9 Å². The number of nitrogens with zero attached hydrogens (tertiary/aromatic N) is 1. The molecule has 0 bridgehead atoms. The van der Waals surface area contributed by atoms with Gasteiger partial charge in [0.2, 0.25) is 94.5 Å². The van der Waals surface area contributed by atoms with Gasteiger partial charge in [-0.1, -0.05) is 171 Å². The minimum atomic E-state index is -2.06. The lowest BCUT2D eigenvalue weighted by Gasteiger charge is -2.31. The third-order valence-electron chi connectivity index (χ3n) is 22.2. The maximum atomic E-state index is 15.4. The average Bonchev–Trinajstić information content (AvgIpc) is 1.63. The van der Waals surface area contributed by atoms with Gasteiger partial charge in [-0.3, -0.25) is 81.5 Å². The van der Waals surface area contributed by atoms with Crippen LogP contribution in [0.15, 0.2) is 140 Å². The molecule has 2 aliphatic rings. The summed E-state index contributed by atoms with van der Waals surface area (Å²) in [6.45, 7) is 10.7. The predicted octanol–water partition coefficient (Wildman–Crippen LogP) is -1.37. The minimum Gasteiger partial charge on any atom is -0.508 e. The number of carboxylic acid groups (broad SMARTS) is 1. The molecule has 16 amide bonds. The molecule has 712 valence electrons. The minimum absolute atomic E-state index is 0.0221. The van der Waals surface area contributed by atoms with E-state index in [0.717, 1.165) is 22.9 Å². The molecule has 0 unspecified atom stereocenters. The van der Waals surface area contributed by atoms with Crippen LogP contribution >= 0.6 is 11.8 Å². The normalized spacial score (nSPS) is 23.8. The number of aromatic amines is 1. The maximum absolute atomic E-state index is 15.4. The van der Waals surface area contributed by atoms with Gasteiger partial charge in [0.1, 0.15) is 90.3 Å². The largest absolute Gasteiger partial charge is 0.508 e. The SMILES string of the molecule is CC(C)C[C@@H]1NC(=O)[C@H](Cc2c[nH]c3ccccc23)NC(=O)[C@H](CC(=O)O)NC(=O)[C@H](Cc2ccc(O)cc2)NC(=O)[C@H](Cc2ccccc2)NC(=O)CSC[C@@H](C(=O)NCC(N)=O)NC(=O)[C@H](CO)NC(=O)[C@H](C(C)C)NC(=O)[C@H](CC(C)C)NC(=O)[C@H](CCN)NC(=O)[C@H]2CCCN2C(=O)[C@H](CN)NC(=O)[C@H](C(C)C)NC(=O)[C@H](Cc2ccc(-c3ccccc3)cc2)NC1=O. The summed E-state index contributed by atoms with van der Waals surface area (Å²) in [5.74, 6) is -20.8. The zero-order valence-electron chi connectivity index (χ0n) is 75.1. The van der Waals surface area contributed by atoms with Crippen LogP contribution in [-0.2, 0) is 107 Å². The molecule has 14 atom stereocenters. The number of thioether (sulfide) groups is 1. The lowest BCUT2D eigenvalue weighted by molar-refractivity contribution is -0.142. The molecule has 24 N–H and O–H groups in total. The van der Waals surface area contributed by atoms with E-state index in [1.165, 1.54) is 29.2 Å². The lowest BCUT2D eigenvalue weighted by atomic mass is 9.97. The Hall–Kier alpha value is -13.3. The first-order valence-electron chi connectivity index (χ1n) is 44.0. The van der Waals surface area contributed by atoms with E-state index in [-0.39, 0.29) is 82.0 Å².